The lowest BCUT2D eigenvalue weighted by molar-refractivity contribution is -0.119. The molecule has 0 unspecified atom stereocenters. The van der Waals surface area contributed by atoms with Crippen molar-refractivity contribution < 1.29 is 24.2 Å². The number of nitrogens with one attached hydrogen (secondary N) is 1. The number of benzene rings is 3. The number of ether oxygens (including phenoxy) is 1. The molecule has 1 heterocycles. The molecule has 0 atom stereocenters. The first-order valence-corrected chi connectivity index (χ1v) is 10.7. The Kier molecular flexibility index (Phi) is 6.92. The van der Waals surface area contributed by atoms with E-state index in [2.05, 4.69) is 15.5 Å². The van der Waals surface area contributed by atoms with Crippen molar-refractivity contribution in [2.24, 2.45) is 10.2 Å². The average Bonchev–Trinajstić information content (AvgIpc) is 3.28. The van der Waals surface area contributed by atoms with Gasteiger partial charge in [0.2, 0.25) is 5.91 Å². The second-order valence-corrected chi connectivity index (χ2v) is 7.56. The molecule has 2 amide bonds. The summed E-state index contributed by atoms with van der Waals surface area (Å²) < 4.78 is 5.17. The van der Waals surface area contributed by atoms with Crippen LogP contribution >= 0.6 is 0 Å². The molecular weight excluding hydrogens is 436 g/mol. The average molecular weight is 458 g/mol. The van der Waals surface area contributed by atoms with Crippen molar-refractivity contribution in [3.8, 4) is 5.75 Å². The minimum absolute atomic E-state index is 0.0543. The minimum Gasteiger partial charge on any atom is -0.508 e. The second-order valence-electron chi connectivity index (χ2n) is 7.56. The summed E-state index contributed by atoms with van der Waals surface area (Å²) in [6, 6.07) is 19.6. The molecule has 0 saturated carbocycles. The standard InChI is InChI=1S/C25H22N4O5/c30-20-12-10-17(11-13-20)27-28-22-8-2-1-7-21(22)25(33)34-16-23(31)26-18-5-3-6-19(15-18)29-14-4-9-24(29)32/h1-3,5-8,10-13,15,30H,4,9,14,16H2,(H,26,31). The van der Waals surface area contributed by atoms with Crippen molar-refractivity contribution in [2.45, 2.75) is 12.8 Å². The number of rotatable bonds is 7. The highest BCUT2D eigenvalue weighted by atomic mass is 16.5. The fraction of sp³-hybridized carbons (Fsp3) is 0.160. The number of hydrogen-bond acceptors (Lipinski definition) is 7. The monoisotopic (exact) mass is 458 g/mol. The topological polar surface area (TPSA) is 121 Å². The van der Waals surface area contributed by atoms with E-state index in [9.17, 15) is 19.5 Å². The number of phenolic OH excluding ortho intramolecular Hbond substituents is 1. The highest BCUT2D eigenvalue weighted by Gasteiger charge is 2.22. The van der Waals surface area contributed by atoms with E-state index in [-0.39, 0.29) is 22.9 Å². The van der Waals surface area contributed by atoms with E-state index in [1.54, 1.807) is 53.4 Å². The molecule has 2 N–H and O–H groups in total. The highest BCUT2D eigenvalue weighted by molar-refractivity contribution is 5.99. The first-order chi connectivity index (χ1) is 16.5. The zero-order chi connectivity index (χ0) is 23.9. The number of azo groups is 1. The number of anilines is 2. The molecule has 172 valence electrons. The summed E-state index contributed by atoms with van der Waals surface area (Å²) in [5.74, 6) is -1.07. The van der Waals surface area contributed by atoms with Gasteiger partial charge in [0.1, 0.15) is 11.4 Å². The van der Waals surface area contributed by atoms with E-state index in [1.165, 1.54) is 18.2 Å². The van der Waals surface area contributed by atoms with Crippen LogP contribution in [0.4, 0.5) is 22.7 Å². The van der Waals surface area contributed by atoms with E-state index in [0.717, 1.165) is 6.42 Å². The molecule has 0 bridgehead atoms. The van der Waals surface area contributed by atoms with Crippen LogP contribution in [-0.4, -0.2) is 36.0 Å². The number of amides is 2. The Morgan fingerprint density at radius 1 is 1.00 bits per heavy atom. The number of nitrogens with zero attached hydrogens (tertiary/aromatic N) is 3. The van der Waals surface area contributed by atoms with Gasteiger partial charge in [0.15, 0.2) is 6.61 Å². The largest absolute Gasteiger partial charge is 0.508 e. The van der Waals surface area contributed by atoms with Crippen LogP contribution in [0, 0.1) is 0 Å². The van der Waals surface area contributed by atoms with Gasteiger partial charge in [0.25, 0.3) is 5.91 Å². The summed E-state index contributed by atoms with van der Waals surface area (Å²) in [5.41, 5.74) is 2.15. The quantitative estimate of drug-likeness (QED) is 0.392. The zero-order valence-corrected chi connectivity index (χ0v) is 18.2. The van der Waals surface area contributed by atoms with Crippen LogP contribution in [0.1, 0.15) is 23.2 Å². The first kappa shape index (κ1) is 22.7. The Morgan fingerprint density at radius 3 is 2.56 bits per heavy atom. The Bertz CT molecular complexity index is 1240. The zero-order valence-electron chi connectivity index (χ0n) is 18.2. The summed E-state index contributed by atoms with van der Waals surface area (Å²) in [4.78, 5) is 38.5. The van der Waals surface area contributed by atoms with E-state index in [1.807, 2.05) is 6.07 Å². The lowest BCUT2D eigenvalue weighted by Gasteiger charge is -2.16. The van der Waals surface area contributed by atoms with Crippen LogP contribution < -0.4 is 10.2 Å². The first-order valence-electron chi connectivity index (χ1n) is 10.7. The molecule has 1 aliphatic rings. The van der Waals surface area contributed by atoms with Crippen LogP contribution in [0.3, 0.4) is 0 Å². The number of phenols is 1. The molecule has 34 heavy (non-hydrogen) atoms. The van der Waals surface area contributed by atoms with Crippen molar-refractivity contribution >= 4 is 40.5 Å². The highest BCUT2D eigenvalue weighted by Crippen LogP contribution is 2.25. The number of aromatic hydroxyl groups is 1. The van der Waals surface area contributed by atoms with E-state index < -0.39 is 18.5 Å². The van der Waals surface area contributed by atoms with Crippen molar-refractivity contribution in [3.05, 3.63) is 78.4 Å². The van der Waals surface area contributed by atoms with Gasteiger partial charge in [-0.3, -0.25) is 9.59 Å². The number of esters is 1. The van der Waals surface area contributed by atoms with E-state index in [4.69, 9.17) is 4.74 Å². The van der Waals surface area contributed by atoms with Crippen LogP contribution in [0.15, 0.2) is 83.0 Å². The Morgan fingerprint density at radius 2 is 1.79 bits per heavy atom. The molecule has 9 heteroatoms. The molecule has 9 nitrogen and oxygen atoms in total. The fourth-order valence-electron chi connectivity index (χ4n) is 3.44. The third-order valence-corrected chi connectivity index (χ3v) is 5.10. The molecule has 0 radical (unpaired) electrons. The van der Waals surface area contributed by atoms with E-state index in [0.29, 0.717) is 30.0 Å². The molecule has 0 aromatic heterocycles. The smallest absolute Gasteiger partial charge is 0.340 e. The molecular formula is C25H22N4O5. The molecule has 3 aromatic carbocycles. The predicted octanol–water partition coefficient (Wildman–Crippen LogP) is 4.73. The third-order valence-electron chi connectivity index (χ3n) is 5.10. The Balaban J connectivity index is 1.36. The van der Waals surface area contributed by atoms with Crippen LogP contribution in [-0.2, 0) is 14.3 Å². The van der Waals surface area contributed by atoms with Gasteiger partial charge in [-0.25, -0.2) is 4.79 Å². The Hall–Kier alpha value is -4.53. The van der Waals surface area contributed by atoms with Gasteiger partial charge >= 0.3 is 5.97 Å². The van der Waals surface area contributed by atoms with Crippen LogP contribution in [0.5, 0.6) is 5.75 Å². The van der Waals surface area contributed by atoms with Gasteiger partial charge in [-0.15, -0.1) is 5.11 Å². The summed E-state index contributed by atoms with van der Waals surface area (Å²) in [6.07, 6.45) is 1.32. The summed E-state index contributed by atoms with van der Waals surface area (Å²) >= 11 is 0. The lowest BCUT2D eigenvalue weighted by atomic mass is 10.2. The molecule has 4 rings (SSSR count). The molecule has 0 aliphatic carbocycles. The summed E-state index contributed by atoms with van der Waals surface area (Å²) in [6.45, 7) is 0.159. The van der Waals surface area contributed by atoms with Crippen molar-refractivity contribution in [2.75, 3.05) is 23.4 Å². The summed E-state index contributed by atoms with van der Waals surface area (Å²) in [7, 11) is 0. The van der Waals surface area contributed by atoms with Crippen molar-refractivity contribution in [1.29, 1.82) is 0 Å². The maximum atomic E-state index is 12.6. The number of carbonyl (C=O) groups is 3. The van der Waals surface area contributed by atoms with Gasteiger partial charge in [0, 0.05) is 24.3 Å². The number of carbonyl (C=O) groups excluding carboxylic acids is 3. The van der Waals surface area contributed by atoms with Gasteiger partial charge in [0.05, 0.1) is 11.3 Å². The van der Waals surface area contributed by atoms with Gasteiger partial charge in [-0.2, -0.15) is 5.11 Å². The molecule has 1 saturated heterocycles. The minimum atomic E-state index is -0.716. The predicted molar refractivity (Wildman–Crippen MR) is 126 cm³/mol. The lowest BCUT2D eigenvalue weighted by Crippen LogP contribution is -2.24. The molecule has 1 fully saturated rings. The SMILES string of the molecule is O=C(COC(=O)c1ccccc1N=Nc1ccc(O)cc1)Nc1cccc(N2CCCC2=O)c1. The Labute approximate surface area is 195 Å². The van der Waals surface area contributed by atoms with Crippen LogP contribution in [0.2, 0.25) is 0 Å². The van der Waals surface area contributed by atoms with Gasteiger partial charge < -0.3 is 20.1 Å². The van der Waals surface area contributed by atoms with Gasteiger partial charge in [-0.1, -0.05) is 18.2 Å². The second kappa shape index (κ2) is 10.4. The number of hydrogen-bond donors (Lipinski definition) is 2. The molecule has 1 aliphatic heterocycles. The third kappa shape index (κ3) is 5.63. The van der Waals surface area contributed by atoms with E-state index >= 15 is 0 Å². The molecule has 0 spiro atoms. The fourth-order valence-corrected chi connectivity index (χ4v) is 3.44. The van der Waals surface area contributed by atoms with Crippen molar-refractivity contribution in [1.82, 2.24) is 0 Å². The van der Waals surface area contributed by atoms with Crippen molar-refractivity contribution in [3.63, 3.8) is 0 Å². The normalized spacial score (nSPS) is 13.3. The van der Waals surface area contributed by atoms with Gasteiger partial charge in [-0.05, 0) is 61.0 Å². The van der Waals surface area contributed by atoms with Crippen LogP contribution in [0.25, 0.3) is 0 Å². The molecule has 3 aromatic rings. The summed E-state index contributed by atoms with van der Waals surface area (Å²) in [5, 5.41) is 20.2. The maximum absolute atomic E-state index is 12.6. The maximum Gasteiger partial charge on any atom is 0.340 e.